The summed E-state index contributed by atoms with van der Waals surface area (Å²) in [5.74, 6) is -0.221. The van der Waals surface area contributed by atoms with Crippen molar-refractivity contribution in [3.05, 3.63) is 35.1 Å². The summed E-state index contributed by atoms with van der Waals surface area (Å²) in [6, 6.07) is 4.81. The smallest absolute Gasteiger partial charge is 0.159 e. The Labute approximate surface area is 94.3 Å². The molecule has 2 rings (SSSR count). The molecule has 1 atom stereocenters. The Hall–Kier alpha value is -0.970. The molecule has 0 saturated carbocycles. The van der Waals surface area contributed by atoms with Gasteiger partial charge in [0.2, 0.25) is 0 Å². The van der Waals surface area contributed by atoms with Crippen molar-refractivity contribution in [3.8, 4) is 0 Å². The minimum atomic E-state index is -0.252. The highest BCUT2D eigenvalue weighted by Crippen LogP contribution is 2.21. The highest BCUT2D eigenvalue weighted by atomic mass is 19.1. The summed E-state index contributed by atoms with van der Waals surface area (Å²) in [5, 5.41) is 0. The summed E-state index contributed by atoms with van der Waals surface area (Å²) in [6.45, 7) is 2.95. The molecule has 2 N–H and O–H groups in total. The molecule has 1 heterocycles. The highest BCUT2D eigenvalue weighted by Gasteiger charge is 2.20. The van der Waals surface area contributed by atoms with Gasteiger partial charge in [0.25, 0.3) is 0 Å². The van der Waals surface area contributed by atoms with E-state index < -0.39 is 0 Å². The van der Waals surface area contributed by atoms with Gasteiger partial charge in [-0.1, -0.05) is 12.1 Å². The van der Waals surface area contributed by atoms with Crippen LogP contribution in [0, 0.1) is 12.7 Å². The maximum absolute atomic E-state index is 13.3. The quantitative estimate of drug-likeness (QED) is 0.854. The van der Waals surface area contributed by atoms with Crippen molar-refractivity contribution >= 4 is 0 Å². The predicted molar refractivity (Wildman–Crippen MR) is 58.4 cm³/mol. The van der Waals surface area contributed by atoms with E-state index in [1.165, 1.54) is 6.07 Å². The van der Waals surface area contributed by atoms with Gasteiger partial charge in [-0.3, -0.25) is 0 Å². The Morgan fingerprint density at radius 3 is 2.75 bits per heavy atom. The van der Waals surface area contributed by atoms with E-state index in [1.54, 1.807) is 13.0 Å². The second kappa shape index (κ2) is 4.91. The summed E-state index contributed by atoms with van der Waals surface area (Å²) in [6.07, 6.45) is 0.307. The topological polar surface area (TPSA) is 44.5 Å². The Morgan fingerprint density at radius 1 is 1.44 bits per heavy atom. The largest absolute Gasteiger partial charge is 0.350 e. The summed E-state index contributed by atoms with van der Waals surface area (Å²) in [7, 11) is 0. The van der Waals surface area contributed by atoms with Crippen molar-refractivity contribution in [3.63, 3.8) is 0 Å². The third-order valence-electron chi connectivity index (χ3n) is 2.76. The van der Waals surface area contributed by atoms with Crippen molar-refractivity contribution in [1.29, 1.82) is 0 Å². The molecule has 0 amide bonds. The summed E-state index contributed by atoms with van der Waals surface area (Å²) >= 11 is 0. The molecular weight excluding hydrogens is 209 g/mol. The van der Waals surface area contributed by atoms with Crippen molar-refractivity contribution in [1.82, 2.24) is 0 Å². The lowest BCUT2D eigenvalue weighted by molar-refractivity contribution is -0.0507. The first kappa shape index (κ1) is 11.5. The SMILES string of the molecule is Cc1ccc(C(N)CC2OCCO2)cc1F. The van der Waals surface area contributed by atoms with Crippen LogP contribution in [0.4, 0.5) is 4.39 Å². The van der Waals surface area contributed by atoms with Crippen LogP contribution in [0.15, 0.2) is 18.2 Å². The van der Waals surface area contributed by atoms with Crippen LogP contribution in [-0.4, -0.2) is 19.5 Å². The summed E-state index contributed by atoms with van der Waals surface area (Å²) < 4.78 is 23.9. The van der Waals surface area contributed by atoms with E-state index in [4.69, 9.17) is 15.2 Å². The third kappa shape index (κ3) is 2.58. The van der Waals surface area contributed by atoms with Gasteiger partial charge in [0.1, 0.15) is 5.82 Å². The average Bonchev–Trinajstić information content (AvgIpc) is 2.74. The van der Waals surface area contributed by atoms with Crippen LogP contribution in [0.3, 0.4) is 0 Å². The lowest BCUT2D eigenvalue weighted by Gasteiger charge is -2.16. The van der Waals surface area contributed by atoms with Gasteiger partial charge in [-0.15, -0.1) is 0 Å². The van der Waals surface area contributed by atoms with Crippen LogP contribution in [0.25, 0.3) is 0 Å². The first-order valence-corrected chi connectivity index (χ1v) is 5.41. The van der Waals surface area contributed by atoms with Gasteiger partial charge in [-0.2, -0.15) is 0 Å². The van der Waals surface area contributed by atoms with Crippen molar-refractivity contribution < 1.29 is 13.9 Å². The van der Waals surface area contributed by atoms with Gasteiger partial charge in [0, 0.05) is 12.5 Å². The Kier molecular flexibility index (Phi) is 3.53. The van der Waals surface area contributed by atoms with E-state index in [0.29, 0.717) is 25.2 Å². The molecule has 1 fully saturated rings. The van der Waals surface area contributed by atoms with Gasteiger partial charge in [-0.05, 0) is 24.1 Å². The second-order valence-corrected chi connectivity index (χ2v) is 4.02. The molecule has 0 radical (unpaired) electrons. The van der Waals surface area contributed by atoms with Crippen LogP contribution < -0.4 is 5.73 Å². The average molecular weight is 225 g/mol. The Balaban J connectivity index is 2.02. The van der Waals surface area contributed by atoms with Crippen molar-refractivity contribution in [2.45, 2.75) is 25.7 Å². The molecule has 0 spiro atoms. The van der Waals surface area contributed by atoms with E-state index in [9.17, 15) is 4.39 Å². The number of benzene rings is 1. The van der Waals surface area contributed by atoms with Crippen LogP contribution in [0.2, 0.25) is 0 Å². The number of rotatable bonds is 3. The number of aryl methyl sites for hydroxylation is 1. The fourth-order valence-corrected chi connectivity index (χ4v) is 1.73. The highest BCUT2D eigenvalue weighted by molar-refractivity contribution is 5.25. The molecule has 1 aromatic rings. The Bertz CT molecular complexity index is 364. The molecule has 1 aliphatic heterocycles. The maximum atomic E-state index is 13.3. The number of nitrogens with two attached hydrogens (primary N) is 1. The van der Waals surface area contributed by atoms with Gasteiger partial charge >= 0.3 is 0 Å². The monoisotopic (exact) mass is 225 g/mol. The van der Waals surface area contributed by atoms with Crippen LogP contribution in [0.1, 0.15) is 23.6 Å². The molecule has 1 unspecified atom stereocenters. The predicted octanol–water partition coefficient (Wildman–Crippen LogP) is 1.90. The minimum Gasteiger partial charge on any atom is -0.350 e. The van der Waals surface area contributed by atoms with Gasteiger partial charge < -0.3 is 15.2 Å². The first-order chi connectivity index (χ1) is 7.66. The zero-order valence-corrected chi connectivity index (χ0v) is 9.28. The van der Waals surface area contributed by atoms with Crippen LogP contribution in [0.5, 0.6) is 0 Å². The van der Waals surface area contributed by atoms with Crippen LogP contribution >= 0.6 is 0 Å². The number of hydrogen-bond acceptors (Lipinski definition) is 3. The molecule has 1 aliphatic rings. The van der Waals surface area contributed by atoms with E-state index in [0.717, 1.165) is 5.56 Å². The minimum absolute atomic E-state index is 0.221. The standard InChI is InChI=1S/C12H16FNO2/c1-8-2-3-9(6-10(8)13)11(14)7-12-15-4-5-16-12/h2-3,6,11-12H,4-5,7,14H2,1H3. The van der Waals surface area contributed by atoms with E-state index in [-0.39, 0.29) is 18.1 Å². The normalized spacial score (nSPS) is 18.9. The van der Waals surface area contributed by atoms with Crippen molar-refractivity contribution in [2.75, 3.05) is 13.2 Å². The van der Waals surface area contributed by atoms with E-state index in [1.807, 2.05) is 6.07 Å². The van der Waals surface area contributed by atoms with Crippen molar-refractivity contribution in [2.24, 2.45) is 5.73 Å². The second-order valence-electron chi connectivity index (χ2n) is 4.02. The zero-order valence-electron chi connectivity index (χ0n) is 9.28. The molecule has 1 saturated heterocycles. The lowest BCUT2D eigenvalue weighted by atomic mass is 10.0. The van der Waals surface area contributed by atoms with E-state index in [2.05, 4.69) is 0 Å². The molecule has 4 heteroatoms. The molecule has 1 aromatic carbocycles. The molecule has 0 aliphatic carbocycles. The molecule has 88 valence electrons. The molecule has 3 nitrogen and oxygen atoms in total. The molecule has 0 bridgehead atoms. The fourth-order valence-electron chi connectivity index (χ4n) is 1.73. The maximum Gasteiger partial charge on any atom is 0.159 e. The van der Waals surface area contributed by atoms with Gasteiger partial charge in [-0.25, -0.2) is 4.39 Å². The van der Waals surface area contributed by atoms with Gasteiger partial charge in [0.05, 0.1) is 13.2 Å². The lowest BCUT2D eigenvalue weighted by Crippen LogP contribution is -2.19. The number of ether oxygens (including phenoxy) is 2. The van der Waals surface area contributed by atoms with Crippen LogP contribution in [-0.2, 0) is 9.47 Å². The first-order valence-electron chi connectivity index (χ1n) is 5.41. The fraction of sp³-hybridized carbons (Fsp3) is 0.500. The Morgan fingerprint density at radius 2 is 2.12 bits per heavy atom. The molecule has 16 heavy (non-hydrogen) atoms. The summed E-state index contributed by atoms with van der Waals surface area (Å²) in [4.78, 5) is 0. The number of halogens is 1. The third-order valence-corrected chi connectivity index (χ3v) is 2.76. The molecule has 0 aromatic heterocycles. The molecular formula is C12H16FNO2. The zero-order chi connectivity index (χ0) is 11.5. The van der Waals surface area contributed by atoms with E-state index >= 15 is 0 Å². The van der Waals surface area contributed by atoms with Gasteiger partial charge in [0.15, 0.2) is 6.29 Å². The summed E-state index contributed by atoms with van der Waals surface area (Å²) in [5.41, 5.74) is 7.38. The number of hydrogen-bond donors (Lipinski definition) is 1.